The summed E-state index contributed by atoms with van der Waals surface area (Å²) in [5, 5.41) is 8.21. The predicted molar refractivity (Wildman–Crippen MR) is 57.0 cm³/mol. The number of hydrogen-bond donors (Lipinski definition) is 0. The van der Waals surface area contributed by atoms with Crippen LogP contribution in [-0.4, -0.2) is 19.6 Å². The normalized spacial score (nSPS) is 11.4. The van der Waals surface area contributed by atoms with E-state index in [9.17, 15) is 0 Å². The van der Waals surface area contributed by atoms with Crippen molar-refractivity contribution in [3.05, 3.63) is 22.8 Å². The van der Waals surface area contributed by atoms with Crippen LogP contribution in [-0.2, 0) is 6.42 Å². The van der Waals surface area contributed by atoms with Crippen LogP contribution in [0, 0.1) is 5.92 Å². The highest BCUT2D eigenvalue weighted by molar-refractivity contribution is 9.10. The molecular weight excluding hydrogens is 244 g/mol. The van der Waals surface area contributed by atoms with E-state index in [0.29, 0.717) is 5.92 Å². The molecule has 4 nitrogen and oxygen atoms in total. The molecule has 0 radical (unpaired) electrons. The molecule has 0 aliphatic rings. The summed E-state index contributed by atoms with van der Waals surface area (Å²) in [7, 11) is 0. The Morgan fingerprint density at radius 3 is 2.93 bits per heavy atom. The first kappa shape index (κ1) is 9.58. The quantitative estimate of drug-likeness (QED) is 0.825. The van der Waals surface area contributed by atoms with Crippen LogP contribution in [0.2, 0.25) is 0 Å². The van der Waals surface area contributed by atoms with Gasteiger partial charge in [-0.15, -0.1) is 10.2 Å². The minimum absolute atomic E-state index is 0.578. The standard InChI is InChI=1S/C9H11BrN4/c1-6(2)5-7-12-13-9-8(10)11-3-4-14(7)9/h3-4,6H,5H2,1-2H3. The third kappa shape index (κ3) is 1.64. The Kier molecular flexibility index (Phi) is 2.50. The van der Waals surface area contributed by atoms with Crippen LogP contribution in [0.25, 0.3) is 5.65 Å². The van der Waals surface area contributed by atoms with Crippen LogP contribution >= 0.6 is 15.9 Å². The summed E-state index contributed by atoms with van der Waals surface area (Å²) in [4.78, 5) is 4.09. The lowest BCUT2D eigenvalue weighted by atomic mass is 10.1. The number of aromatic nitrogens is 4. The minimum Gasteiger partial charge on any atom is -0.283 e. The lowest BCUT2D eigenvalue weighted by molar-refractivity contribution is 0.615. The molecule has 5 heteroatoms. The van der Waals surface area contributed by atoms with Crippen molar-refractivity contribution in [2.75, 3.05) is 0 Å². The molecule has 2 heterocycles. The molecule has 0 aliphatic carbocycles. The zero-order chi connectivity index (χ0) is 10.1. The topological polar surface area (TPSA) is 43.1 Å². The van der Waals surface area contributed by atoms with Crippen LogP contribution in [0.3, 0.4) is 0 Å². The Hall–Kier alpha value is -0.970. The predicted octanol–water partition coefficient (Wildman–Crippen LogP) is 2.09. The molecule has 2 aromatic heterocycles. The molecule has 2 rings (SSSR count). The van der Waals surface area contributed by atoms with E-state index < -0.39 is 0 Å². The summed E-state index contributed by atoms with van der Waals surface area (Å²) in [6.07, 6.45) is 4.56. The highest BCUT2D eigenvalue weighted by atomic mass is 79.9. The molecule has 0 spiro atoms. The minimum atomic E-state index is 0.578. The van der Waals surface area contributed by atoms with Gasteiger partial charge in [-0.3, -0.25) is 4.40 Å². The van der Waals surface area contributed by atoms with Gasteiger partial charge in [-0.25, -0.2) is 4.98 Å². The fourth-order valence-electron chi connectivity index (χ4n) is 1.35. The SMILES string of the molecule is CC(C)Cc1nnc2c(Br)nccn12. The maximum Gasteiger partial charge on any atom is 0.193 e. The van der Waals surface area contributed by atoms with Gasteiger partial charge in [0.25, 0.3) is 0 Å². The van der Waals surface area contributed by atoms with Gasteiger partial charge in [-0.1, -0.05) is 13.8 Å². The molecule has 0 fully saturated rings. The number of fused-ring (bicyclic) bond motifs is 1. The molecule has 2 aromatic rings. The molecule has 0 saturated heterocycles. The highest BCUT2D eigenvalue weighted by Crippen LogP contribution is 2.14. The van der Waals surface area contributed by atoms with Crippen molar-refractivity contribution in [2.45, 2.75) is 20.3 Å². The monoisotopic (exact) mass is 254 g/mol. The van der Waals surface area contributed by atoms with Crippen LogP contribution in [0.15, 0.2) is 17.0 Å². The van der Waals surface area contributed by atoms with Crippen molar-refractivity contribution < 1.29 is 0 Å². The largest absolute Gasteiger partial charge is 0.283 e. The van der Waals surface area contributed by atoms with E-state index in [1.165, 1.54) is 0 Å². The molecule has 0 unspecified atom stereocenters. The molecule has 0 bridgehead atoms. The van der Waals surface area contributed by atoms with Crippen molar-refractivity contribution in [2.24, 2.45) is 5.92 Å². The first-order valence-corrected chi connectivity index (χ1v) is 5.32. The second-order valence-corrected chi connectivity index (χ2v) is 4.38. The van der Waals surface area contributed by atoms with E-state index >= 15 is 0 Å². The van der Waals surface area contributed by atoms with E-state index in [1.807, 2.05) is 10.6 Å². The third-order valence-corrected chi connectivity index (χ3v) is 2.50. The Balaban J connectivity index is 2.52. The van der Waals surface area contributed by atoms with Gasteiger partial charge < -0.3 is 0 Å². The summed E-state index contributed by atoms with van der Waals surface area (Å²) in [6, 6.07) is 0. The van der Waals surface area contributed by atoms with Crippen molar-refractivity contribution in [3.8, 4) is 0 Å². The number of rotatable bonds is 2. The molecule has 0 amide bonds. The number of hydrogen-bond acceptors (Lipinski definition) is 3. The number of halogens is 1. The summed E-state index contributed by atoms with van der Waals surface area (Å²) >= 11 is 3.34. The first-order valence-electron chi connectivity index (χ1n) is 4.52. The fourth-order valence-corrected chi connectivity index (χ4v) is 1.74. The van der Waals surface area contributed by atoms with E-state index in [1.54, 1.807) is 6.20 Å². The van der Waals surface area contributed by atoms with Crippen LogP contribution in [0.4, 0.5) is 0 Å². The van der Waals surface area contributed by atoms with Gasteiger partial charge in [0.05, 0.1) is 0 Å². The van der Waals surface area contributed by atoms with Crippen molar-refractivity contribution in [1.82, 2.24) is 19.6 Å². The highest BCUT2D eigenvalue weighted by Gasteiger charge is 2.09. The molecule has 14 heavy (non-hydrogen) atoms. The average Bonchev–Trinajstić information content (AvgIpc) is 2.49. The summed E-state index contributed by atoms with van der Waals surface area (Å²) in [5.74, 6) is 1.56. The molecule has 74 valence electrons. The maximum atomic E-state index is 4.14. The zero-order valence-electron chi connectivity index (χ0n) is 8.11. The van der Waals surface area contributed by atoms with Crippen molar-refractivity contribution >= 4 is 21.6 Å². The van der Waals surface area contributed by atoms with Gasteiger partial charge in [-0.2, -0.15) is 0 Å². The van der Waals surface area contributed by atoms with E-state index in [2.05, 4.69) is 45.0 Å². The molecule has 0 aliphatic heterocycles. The van der Waals surface area contributed by atoms with Gasteiger partial charge >= 0.3 is 0 Å². The zero-order valence-corrected chi connectivity index (χ0v) is 9.69. The fraction of sp³-hybridized carbons (Fsp3) is 0.444. The lowest BCUT2D eigenvalue weighted by Crippen LogP contribution is -2.00. The summed E-state index contributed by atoms with van der Waals surface area (Å²) < 4.78 is 2.71. The molecular formula is C9H11BrN4. The van der Waals surface area contributed by atoms with Crippen LogP contribution < -0.4 is 0 Å². The Morgan fingerprint density at radius 2 is 2.21 bits per heavy atom. The molecule has 0 atom stereocenters. The van der Waals surface area contributed by atoms with E-state index in [4.69, 9.17) is 0 Å². The first-order chi connectivity index (χ1) is 6.68. The summed E-state index contributed by atoms with van der Waals surface area (Å²) in [5.41, 5.74) is 0.781. The lowest BCUT2D eigenvalue weighted by Gasteiger charge is -2.02. The van der Waals surface area contributed by atoms with Crippen molar-refractivity contribution in [1.29, 1.82) is 0 Å². The molecule has 0 saturated carbocycles. The van der Waals surface area contributed by atoms with Gasteiger partial charge in [-0.05, 0) is 21.8 Å². The van der Waals surface area contributed by atoms with Gasteiger partial charge in [0.2, 0.25) is 0 Å². The second kappa shape index (κ2) is 3.65. The van der Waals surface area contributed by atoms with Crippen LogP contribution in [0.5, 0.6) is 0 Å². The van der Waals surface area contributed by atoms with Crippen molar-refractivity contribution in [3.63, 3.8) is 0 Å². The second-order valence-electron chi connectivity index (χ2n) is 3.63. The Labute approximate surface area is 90.5 Å². The Morgan fingerprint density at radius 1 is 1.43 bits per heavy atom. The molecule has 0 aromatic carbocycles. The molecule has 0 N–H and O–H groups in total. The van der Waals surface area contributed by atoms with Gasteiger partial charge in [0.15, 0.2) is 10.3 Å². The van der Waals surface area contributed by atoms with Crippen LogP contribution in [0.1, 0.15) is 19.7 Å². The third-order valence-electron chi connectivity index (χ3n) is 1.95. The Bertz CT molecular complexity index is 449. The smallest absolute Gasteiger partial charge is 0.193 e. The summed E-state index contributed by atoms with van der Waals surface area (Å²) in [6.45, 7) is 4.33. The van der Waals surface area contributed by atoms with Gasteiger partial charge in [0.1, 0.15) is 5.82 Å². The number of nitrogens with zero attached hydrogens (tertiary/aromatic N) is 4. The van der Waals surface area contributed by atoms with E-state index in [0.717, 1.165) is 22.5 Å². The van der Waals surface area contributed by atoms with E-state index in [-0.39, 0.29) is 0 Å². The maximum absolute atomic E-state index is 4.14. The van der Waals surface area contributed by atoms with Gasteiger partial charge in [0, 0.05) is 18.8 Å². The average molecular weight is 255 g/mol.